The average Bonchev–Trinajstić information content (AvgIpc) is 2.45. The van der Waals surface area contributed by atoms with E-state index in [-0.39, 0.29) is 15.7 Å². The van der Waals surface area contributed by atoms with Gasteiger partial charge in [-0.25, -0.2) is 8.42 Å². The van der Waals surface area contributed by atoms with Crippen LogP contribution < -0.4 is 4.72 Å². The zero-order chi connectivity index (χ0) is 18.2. The highest BCUT2D eigenvalue weighted by molar-refractivity contribution is 7.92. The third-order valence-electron chi connectivity index (χ3n) is 4.01. The van der Waals surface area contributed by atoms with Crippen LogP contribution in [-0.4, -0.2) is 8.42 Å². The number of hydrogen-bond acceptors (Lipinski definition) is 2. The maximum absolute atomic E-state index is 12.7. The highest BCUT2D eigenvalue weighted by Crippen LogP contribution is 2.31. The van der Waals surface area contributed by atoms with Crippen molar-refractivity contribution < 1.29 is 8.42 Å². The molecule has 0 heterocycles. The number of hydrogen-bond donors (Lipinski definition) is 1. The lowest BCUT2D eigenvalue weighted by atomic mass is 9.86. The van der Waals surface area contributed by atoms with Crippen molar-refractivity contribution in [3.8, 4) is 0 Å². The molecule has 2 aromatic rings. The van der Waals surface area contributed by atoms with Gasteiger partial charge < -0.3 is 0 Å². The summed E-state index contributed by atoms with van der Waals surface area (Å²) < 4.78 is 28.2. The van der Waals surface area contributed by atoms with Crippen molar-refractivity contribution in [2.24, 2.45) is 0 Å². The van der Waals surface area contributed by atoms with E-state index < -0.39 is 10.0 Å². The number of benzene rings is 2. The first-order valence-electron chi connectivity index (χ1n) is 8.14. The van der Waals surface area contributed by atoms with Crippen LogP contribution in [0.15, 0.2) is 53.4 Å². The highest BCUT2D eigenvalue weighted by atomic mass is 32.2. The summed E-state index contributed by atoms with van der Waals surface area (Å²) in [5.41, 5.74) is 2.56. The van der Waals surface area contributed by atoms with Crippen LogP contribution in [0.3, 0.4) is 0 Å². The molecule has 24 heavy (non-hydrogen) atoms. The first-order valence-corrected chi connectivity index (χ1v) is 9.62. The molecular weight excluding hydrogens is 318 g/mol. The number of nitrogens with one attached hydrogen (secondary N) is 1. The molecule has 0 radical (unpaired) electrons. The smallest absolute Gasteiger partial charge is 0.261 e. The Morgan fingerprint density at radius 3 is 1.79 bits per heavy atom. The Hall–Kier alpha value is -1.81. The molecule has 0 aliphatic rings. The zero-order valence-corrected chi connectivity index (χ0v) is 16.2. The standard InChI is InChI=1S/C20H27NO2S/c1-19(2,3)15-11-13-16(14-12-15)24(22,23)21-18-10-8-7-9-17(18)20(4,5)6/h7-14,21H,1-6H3. The summed E-state index contributed by atoms with van der Waals surface area (Å²) in [7, 11) is -3.61. The summed E-state index contributed by atoms with van der Waals surface area (Å²) in [5, 5.41) is 0. The lowest BCUT2D eigenvalue weighted by molar-refractivity contribution is 0.586. The molecule has 4 heteroatoms. The predicted molar refractivity (Wildman–Crippen MR) is 101 cm³/mol. The Kier molecular flexibility index (Phi) is 4.82. The van der Waals surface area contributed by atoms with Crippen molar-refractivity contribution in [2.75, 3.05) is 4.72 Å². The fourth-order valence-electron chi connectivity index (χ4n) is 2.56. The van der Waals surface area contributed by atoms with Gasteiger partial charge in [0.05, 0.1) is 10.6 Å². The molecule has 2 rings (SSSR count). The second kappa shape index (κ2) is 6.25. The fourth-order valence-corrected chi connectivity index (χ4v) is 3.64. The summed E-state index contributed by atoms with van der Waals surface area (Å²) in [6, 6.07) is 14.6. The van der Waals surface area contributed by atoms with Crippen molar-refractivity contribution in [3.63, 3.8) is 0 Å². The molecule has 0 atom stereocenters. The zero-order valence-electron chi connectivity index (χ0n) is 15.3. The quantitative estimate of drug-likeness (QED) is 0.843. The molecule has 0 fully saturated rings. The average molecular weight is 346 g/mol. The van der Waals surface area contributed by atoms with Crippen molar-refractivity contribution >= 4 is 15.7 Å². The summed E-state index contributed by atoms with van der Waals surface area (Å²) in [6.45, 7) is 12.5. The molecule has 0 spiro atoms. The minimum absolute atomic E-state index is 0.00540. The van der Waals surface area contributed by atoms with Gasteiger partial charge in [-0.2, -0.15) is 0 Å². The van der Waals surface area contributed by atoms with Gasteiger partial charge in [-0.15, -0.1) is 0 Å². The van der Waals surface area contributed by atoms with Crippen molar-refractivity contribution in [2.45, 2.75) is 57.3 Å². The molecule has 0 amide bonds. The van der Waals surface area contributed by atoms with Gasteiger partial charge in [-0.05, 0) is 40.2 Å². The van der Waals surface area contributed by atoms with Gasteiger partial charge in [0.25, 0.3) is 10.0 Å². The van der Waals surface area contributed by atoms with Crippen molar-refractivity contribution in [3.05, 3.63) is 59.7 Å². The first kappa shape index (κ1) is 18.5. The molecule has 2 aromatic carbocycles. The molecule has 0 aliphatic heterocycles. The SMILES string of the molecule is CC(C)(C)c1ccc(S(=O)(=O)Nc2ccccc2C(C)(C)C)cc1. The Morgan fingerprint density at radius 2 is 1.29 bits per heavy atom. The summed E-state index contributed by atoms with van der Waals surface area (Å²) in [4.78, 5) is 0.277. The number of para-hydroxylation sites is 1. The van der Waals surface area contributed by atoms with Crippen molar-refractivity contribution in [1.29, 1.82) is 0 Å². The fraction of sp³-hybridized carbons (Fsp3) is 0.400. The highest BCUT2D eigenvalue weighted by Gasteiger charge is 2.22. The Labute approximate surface area is 146 Å². The Balaban J connectivity index is 2.37. The van der Waals surface area contributed by atoms with Crippen LogP contribution in [0.1, 0.15) is 52.7 Å². The molecule has 0 aromatic heterocycles. The van der Waals surface area contributed by atoms with Gasteiger partial charge in [0.1, 0.15) is 0 Å². The van der Waals surface area contributed by atoms with Crippen LogP contribution in [0.5, 0.6) is 0 Å². The second-order valence-electron chi connectivity index (χ2n) is 8.18. The number of anilines is 1. The normalized spacial score (nSPS) is 12.9. The van der Waals surface area contributed by atoms with Gasteiger partial charge >= 0.3 is 0 Å². The Bertz CT molecular complexity index is 808. The molecule has 0 saturated heterocycles. The van der Waals surface area contributed by atoms with E-state index >= 15 is 0 Å². The van der Waals surface area contributed by atoms with Crippen LogP contribution in [0.2, 0.25) is 0 Å². The van der Waals surface area contributed by atoms with E-state index in [0.29, 0.717) is 5.69 Å². The molecular formula is C20H27NO2S. The molecule has 0 aliphatic carbocycles. The van der Waals surface area contributed by atoms with E-state index in [0.717, 1.165) is 11.1 Å². The minimum Gasteiger partial charge on any atom is -0.279 e. The van der Waals surface area contributed by atoms with Crippen LogP contribution in [-0.2, 0) is 20.9 Å². The maximum atomic E-state index is 12.7. The van der Waals surface area contributed by atoms with E-state index in [1.165, 1.54) is 0 Å². The van der Waals surface area contributed by atoms with E-state index in [1.54, 1.807) is 12.1 Å². The monoisotopic (exact) mass is 345 g/mol. The topological polar surface area (TPSA) is 46.2 Å². The van der Waals surface area contributed by atoms with Gasteiger partial charge in [0.15, 0.2) is 0 Å². The lowest BCUT2D eigenvalue weighted by Crippen LogP contribution is -2.19. The van der Waals surface area contributed by atoms with E-state index in [9.17, 15) is 8.42 Å². The van der Waals surface area contributed by atoms with Crippen LogP contribution in [0.25, 0.3) is 0 Å². The van der Waals surface area contributed by atoms with Gasteiger partial charge in [-0.3, -0.25) is 4.72 Å². The molecule has 0 saturated carbocycles. The molecule has 0 bridgehead atoms. The minimum atomic E-state index is -3.61. The molecule has 0 unspecified atom stereocenters. The van der Waals surface area contributed by atoms with Gasteiger partial charge in [-0.1, -0.05) is 71.9 Å². The largest absolute Gasteiger partial charge is 0.279 e. The number of sulfonamides is 1. The Morgan fingerprint density at radius 1 is 0.750 bits per heavy atom. The van der Waals surface area contributed by atoms with Crippen molar-refractivity contribution in [1.82, 2.24) is 0 Å². The van der Waals surface area contributed by atoms with Crippen LogP contribution in [0, 0.1) is 0 Å². The third-order valence-corrected chi connectivity index (χ3v) is 5.39. The first-order chi connectivity index (χ1) is 10.9. The molecule has 1 N–H and O–H groups in total. The van der Waals surface area contributed by atoms with Crippen LogP contribution in [0.4, 0.5) is 5.69 Å². The van der Waals surface area contributed by atoms with E-state index in [1.807, 2.05) is 36.4 Å². The molecule has 130 valence electrons. The van der Waals surface area contributed by atoms with E-state index in [2.05, 4.69) is 46.3 Å². The summed E-state index contributed by atoms with van der Waals surface area (Å²) in [5.74, 6) is 0. The van der Waals surface area contributed by atoms with Crippen LogP contribution >= 0.6 is 0 Å². The second-order valence-corrected chi connectivity index (χ2v) is 9.86. The molecule has 3 nitrogen and oxygen atoms in total. The van der Waals surface area contributed by atoms with Gasteiger partial charge in [0, 0.05) is 0 Å². The van der Waals surface area contributed by atoms with E-state index in [4.69, 9.17) is 0 Å². The lowest BCUT2D eigenvalue weighted by Gasteiger charge is -2.23. The predicted octanol–water partition coefficient (Wildman–Crippen LogP) is 5.08. The summed E-state index contributed by atoms with van der Waals surface area (Å²) >= 11 is 0. The summed E-state index contributed by atoms with van der Waals surface area (Å²) in [6.07, 6.45) is 0. The third kappa shape index (κ3) is 4.18. The number of rotatable bonds is 3. The van der Waals surface area contributed by atoms with Gasteiger partial charge in [0.2, 0.25) is 0 Å². The maximum Gasteiger partial charge on any atom is 0.261 e.